The molecule has 1 aromatic carbocycles. The summed E-state index contributed by atoms with van der Waals surface area (Å²) in [6.45, 7) is 4.32. The minimum absolute atomic E-state index is 0.0597. The predicted molar refractivity (Wildman–Crippen MR) is 77.2 cm³/mol. The van der Waals surface area contributed by atoms with E-state index in [0.29, 0.717) is 0 Å². The molecule has 0 radical (unpaired) electrons. The molecular formula is C15H20N2O2. The van der Waals surface area contributed by atoms with Crippen molar-refractivity contribution >= 4 is 17.3 Å². The first-order chi connectivity index (χ1) is 9.15. The molecule has 1 aromatic rings. The van der Waals surface area contributed by atoms with E-state index >= 15 is 0 Å². The molecule has 2 rings (SSSR count). The highest BCUT2D eigenvalue weighted by Gasteiger charge is 2.11. The van der Waals surface area contributed by atoms with Gasteiger partial charge >= 0.3 is 0 Å². The van der Waals surface area contributed by atoms with Crippen LogP contribution >= 0.6 is 0 Å². The maximum absolute atomic E-state index is 11.1. The van der Waals surface area contributed by atoms with Crippen LogP contribution in [0, 0.1) is 6.92 Å². The van der Waals surface area contributed by atoms with Crippen molar-refractivity contribution in [2.24, 2.45) is 0 Å². The molecule has 4 nitrogen and oxygen atoms in total. The van der Waals surface area contributed by atoms with E-state index in [1.165, 1.54) is 6.92 Å². The van der Waals surface area contributed by atoms with Crippen LogP contribution in [0.4, 0.5) is 11.4 Å². The zero-order valence-electron chi connectivity index (χ0n) is 11.4. The highest BCUT2D eigenvalue weighted by molar-refractivity contribution is 5.89. The van der Waals surface area contributed by atoms with E-state index in [1.807, 2.05) is 31.2 Å². The van der Waals surface area contributed by atoms with Crippen molar-refractivity contribution in [2.75, 3.05) is 17.2 Å². The first-order valence-electron chi connectivity index (χ1n) is 6.58. The lowest BCUT2D eigenvalue weighted by atomic mass is 10.1. The largest absolute Gasteiger partial charge is 0.497 e. The number of hydrogen-bond acceptors (Lipinski definition) is 3. The van der Waals surface area contributed by atoms with Crippen molar-refractivity contribution in [1.82, 2.24) is 0 Å². The first-order valence-corrected chi connectivity index (χ1v) is 6.58. The first kappa shape index (κ1) is 13.5. The Morgan fingerprint density at radius 2 is 2.32 bits per heavy atom. The van der Waals surface area contributed by atoms with Crippen LogP contribution in [0.15, 0.2) is 30.5 Å². The molecule has 0 saturated heterocycles. The number of carbonyl (C=O) groups excluding carboxylic acids is 1. The summed E-state index contributed by atoms with van der Waals surface area (Å²) in [5, 5.41) is 6.18. The molecule has 1 amide bonds. The van der Waals surface area contributed by atoms with Gasteiger partial charge in [-0.25, -0.2) is 0 Å². The van der Waals surface area contributed by atoms with Gasteiger partial charge in [-0.3, -0.25) is 4.79 Å². The summed E-state index contributed by atoms with van der Waals surface area (Å²) in [6.07, 6.45) is 6.13. The Bertz CT molecular complexity index is 483. The van der Waals surface area contributed by atoms with E-state index in [0.717, 1.165) is 36.3 Å². The van der Waals surface area contributed by atoms with Crippen LogP contribution in [0.5, 0.6) is 0 Å². The van der Waals surface area contributed by atoms with Gasteiger partial charge in [0.1, 0.15) is 6.10 Å². The number of rotatable bonds is 4. The van der Waals surface area contributed by atoms with Gasteiger partial charge in [0.2, 0.25) is 5.91 Å². The van der Waals surface area contributed by atoms with Gasteiger partial charge in [0.15, 0.2) is 0 Å². The van der Waals surface area contributed by atoms with Gasteiger partial charge in [-0.15, -0.1) is 0 Å². The standard InChI is InChI=1S/C15H20N2O2/c1-11-6-7-13(17-12(2)18)9-15(11)16-10-14-5-3-4-8-19-14/h4,6-9,14,16H,3,5,10H2,1-2H3,(H,17,18). The van der Waals surface area contributed by atoms with Crippen LogP contribution in [-0.4, -0.2) is 18.6 Å². The molecule has 0 aliphatic carbocycles. The van der Waals surface area contributed by atoms with Crippen molar-refractivity contribution in [3.63, 3.8) is 0 Å². The molecule has 1 unspecified atom stereocenters. The third kappa shape index (κ3) is 4.02. The zero-order valence-corrected chi connectivity index (χ0v) is 11.4. The highest BCUT2D eigenvalue weighted by atomic mass is 16.5. The summed E-state index contributed by atoms with van der Waals surface area (Å²) in [6, 6.07) is 5.85. The monoisotopic (exact) mass is 260 g/mol. The number of nitrogens with one attached hydrogen (secondary N) is 2. The van der Waals surface area contributed by atoms with E-state index in [4.69, 9.17) is 4.74 Å². The van der Waals surface area contributed by atoms with E-state index in [2.05, 4.69) is 10.6 Å². The molecule has 0 aromatic heterocycles. The molecule has 0 saturated carbocycles. The number of carbonyl (C=O) groups is 1. The number of anilines is 2. The molecular weight excluding hydrogens is 240 g/mol. The number of hydrogen-bond donors (Lipinski definition) is 2. The van der Waals surface area contributed by atoms with Gasteiger partial charge in [0.25, 0.3) is 0 Å². The lowest BCUT2D eigenvalue weighted by Gasteiger charge is -2.21. The van der Waals surface area contributed by atoms with E-state index < -0.39 is 0 Å². The van der Waals surface area contributed by atoms with E-state index in [-0.39, 0.29) is 12.0 Å². The molecule has 1 aliphatic rings. The zero-order chi connectivity index (χ0) is 13.7. The van der Waals surface area contributed by atoms with Crippen LogP contribution in [0.3, 0.4) is 0 Å². The van der Waals surface area contributed by atoms with Crippen LogP contribution in [0.2, 0.25) is 0 Å². The molecule has 1 heterocycles. The molecule has 0 bridgehead atoms. The van der Waals surface area contributed by atoms with Crippen molar-refractivity contribution < 1.29 is 9.53 Å². The van der Waals surface area contributed by atoms with Crippen LogP contribution in [-0.2, 0) is 9.53 Å². The maximum atomic E-state index is 11.1. The van der Waals surface area contributed by atoms with Gasteiger partial charge in [0, 0.05) is 18.3 Å². The van der Waals surface area contributed by atoms with Gasteiger partial charge in [-0.2, -0.15) is 0 Å². The number of benzene rings is 1. The Morgan fingerprint density at radius 1 is 1.47 bits per heavy atom. The lowest BCUT2D eigenvalue weighted by molar-refractivity contribution is -0.114. The van der Waals surface area contributed by atoms with E-state index in [1.54, 1.807) is 6.26 Å². The predicted octanol–water partition coefficient (Wildman–Crippen LogP) is 3.06. The fourth-order valence-electron chi connectivity index (χ4n) is 2.05. The van der Waals surface area contributed by atoms with Crippen LogP contribution in [0.25, 0.3) is 0 Å². The molecule has 0 spiro atoms. The van der Waals surface area contributed by atoms with Gasteiger partial charge < -0.3 is 15.4 Å². The Morgan fingerprint density at radius 3 is 3.00 bits per heavy atom. The highest BCUT2D eigenvalue weighted by Crippen LogP contribution is 2.21. The summed E-state index contributed by atoms with van der Waals surface area (Å²) in [5.74, 6) is -0.0597. The fraction of sp³-hybridized carbons (Fsp3) is 0.400. The molecule has 102 valence electrons. The molecule has 19 heavy (non-hydrogen) atoms. The van der Waals surface area contributed by atoms with Gasteiger partial charge in [-0.05, 0) is 43.5 Å². The van der Waals surface area contributed by atoms with Gasteiger partial charge in [-0.1, -0.05) is 6.07 Å². The van der Waals surface area contributed by atoms with Gasteiger partial charge in [0.05, 0.1) is 12.8 Å². The Hall–Kier alpha value is -1.97. The summed E-state index contributed by atoms with van der Waals surface area (Å²) < 4.78 is 5.52. The maximum Gasteiger partial charge on any atom is 0.221 e. The fourth-order valence-corrected chi connectivity index (χ4v) is 2.05. The summed E-state index contributed by atoms with van der Waals surface area (Å²) in [4.78, 5) is 11.1. The Balaban J connectivity index is 1.98. The third-order valence-electron chi connectivity index (χ3n) is 3.10. The third-order valence-corrected chi connectivity index (χ3v) is 3.10. The summed E-state index contributed by atoms with van der Waals surface area (Å²) >= 11 is 0. The van der Waals surface area contributed by atoms with Crippen LogP contribution < -0.4 is 10.6 Å². The smallest absolute Gasteiger partial charge is 0.221 e. The second-order valence-electron chi connectivity index (χ2n) is 4.80. The quantitative estimate of drug-likeness (QED) is 0.874. The molecule has 2 N–H and O–H groups in total. The molecule has 1 atom stereocenters. The number of aryl methyl sites for hydroxylation is 1. The number of ether oxygens (including phenoxy) is 1. The van der Waals surface area contributed by atoms with Crippen LogP contribution in [0.1, 0.15) is 25.3 Å². The topological polar surface area (TPSA) is 50.4 Å². The normalized spacial score (nSPS) is 17.7. The summed E-state index contributed by atoms with van der Waals surface area (Å²) in [7, 11) is 0. The second kappa shape index (κ2) is 6.27. The average Bonchev–Trinajstić information content (AvgIpc) is 2.40. The SMILES string of the molecule is CC(=O)Nc1ccc(C)c(NCC2CCC=CO2)c1. The Kier molecular flexibility index (Phi) is 4.44. The lowest BCUT2D eigenvalue weighted by Crippen LogP contribution is -2.23. The minimum atomic E-state index is -0.0597. The van der Waals surface area contributed by atoms with Crippen molar-refractivity contribution in [2.45, 2.75) is 32.8 Å². The second-order valence-corrected chi connectivity index (χ2v) is 4.80. The van der Waals surface area contributed by atoms with Crippen molar-refractivity contribution in [3.8, 4) is 0 Å². The summed E-state index contributed by atoms with van der Waals surface area (Å²) in [5.41, 5.74) is 3.00. The molecule has 1 aliphatic heterocycles. The molecule has 0 fully saturated rings. The number of amides is 1. The van der Waals surface area contributed by atoms with Crippen molar-refractivity contribution in [3.05, 3.63) is 36.1 Å². The Labute approximate surface area is 113 Å². The van der Waals surface area contributed by atoms with Crippen molar-refractivity contribution in [1.29, 1.82) is 0 Å². The van der Waals surface area contributed by atoms with E-state index in [9.17, 15) is 4.79 Å². The molecule has 4 heteroatoms. The average molecular weight is 260 g/mol. The minimum Gasteiger partial charge on any atom is -0.497 e. The number of allylic oxidation sites excluding steroid dienone is 1.